The van der Waals surface area contributed by atoms with Crippen LogP contribution < -0.4 is 0 Å². The average molecular weight is 591 g/mol. The van der Waals surface area contributed by atoms with Gasteiger partial charge in [-0.3, -0.25) is 9.59 Å². The van der Waals surface area contributed by atoms with Crippen LogP contribution in [0, 0.1) is 0 Å². The molecule has 32 heavy (non-hydrogen) atoms. The van der Waals surface area contributed by atoms with Crippen molar-refractivity contribution in [1.82, 2.24) is 0 Å². The maximum atomic E-state index is 11.8. The molecule has 8 nitrogen and oxygen atoms in total. The minimum absolute atomic E-state index is 0.123. The fourth-order valence-corrected chi connectivity index (χ4v) is 12.6. The average Bonchev–Trinajstić information content (AvgIpc) is 2.74. The smallest absolute Gasteiger partial charge is 0.320 e. The van der Waals surface area contributed by atoms with Gasteiger partial charge in [0.05, 0.1) is 32.8 Å². The Morgan fingerprint density at radius 3 is 1.78 bits per heavy atom. The fraction of sp³-hybridized carbons (Fsp3) is 0.882. The van der Waals surface area contributed by atoms with Crippen LogP contribution in [0.4, 0.5) is 0 Å². The number of thioether (sulfide) groups is 1. The van der Waals surface area contributed by atoms with E-state index in [2.05, 4.69) is 6.92 Å². The molecule has 0 aromatic carbocycles. The highest BCUT2D eigenvalue weighted by Crippen LogP contribution is 2.62. The molecule has 0 spiro atoms. The van der Waals surface area contributed by atoms with Gasteiger partial charge in [0.15, 0.2) is 0 Å². The van der Waals surface area contributed by atoms with E-state index in [0.29, 0.717) is 13.2 Å². The highest BCUT2D eigenvalue weighted by molar-refractivity contribution is 8.69. The number of carbonyl (C=O) groups excluding carboxylic acids is 2. The van der Waals surface area contributed by atoms with Crippen LogP contribution in [0.1, 0.15) is 41.0 Å². The Hall–Kier alpha value is 1.13. The van der Waals surface area contributed by atoms with Gasteiger partial charge < -0.3 is 27.6 Å². The molecule has 0 aromatic heterocycles. The first-order chi connectivity index (χ1) is 15.1. The molecule has 0 radical (unpaired) electrons. The summed E-state index contributed by atoms with van der Waals surface area (Å²) in [6, 6.07) is 0. The lowest BCUT2D eigenvalue weighted by atomic mass is 10.3. The molecule has 192 valence electrons. The summed E-state index contributed by atoms with van der Waals surface area (Å²) in [5, 5.41) is 0.179. The van der Waals surface area contributed by atoms with E-state index in [1.807, 2.05) is 25.6 Å². The van der Waals surface area contributed by atoms with Crippen molar-refractivity contribution < 1.29 is 37.2 Å². The number of rotatable bonds is 17. The van der Waals surface area contributed by atoms with Crippen molar-refractivity contribution in [1.29, 1.82) is 0 Å². The predicted octanol–water partition coefficient (Wildman–Crippen LogP) is 5.85. The van der Waals surface area contributed by atoms with Crippen LogP contribution in [-0.2, 0) is 60.8 Å². The lowest BCUT2D eigenvalue weighted by molar-refractivity contribution is -0.149. The third kappa shape index (κ3) is 17.5. The third-order valence-electron chi connectivity index (χ3n) is 2.98. The van der Waals surface area contributed by atoms with Crippen LogP contribution in [0.2, 0.25) is 0 Å². The Bertz CT molecular complexity index is 593. The summed E-state index contributed by atoms with van der Waals surface area (Å²) in [6.45, 7) is 11.2. The molecule has 0 amide bonds. The van der Waals surface area contributed by atoms with Gasteiger partial charge in [0.2, 0.25) is 11.4 Å². The molecule has 0 aliphatic rings. The van der Waals surface area contributed by atoms with Crippen molar-refractivity contribution in [3.05, 3.63) is 0 Å². The zero-order valence-electron chi connectivity index (χ0n) is 19.7. The number of esters is 2. The quantitative estimate of drug-likeness (QED) is 0.0879. The largest absolute Gasteiger partial charge is 0.466 e. The monoisotopic (exact) mass is 590 g/mol. The standard InChI is InChI=1S/C10H19O6PS2.C7H17O2PS3/c1-5-15-9(11)7-8(10(12)16-6-2)19-17(18,13-3)14-4;1-4-8-10(11,9-5-2)13-7-12-6-3/h8H,5-7H2,1-4H3;4-7H2,1-3H3. The summed E-state index contributed by atoms with van der Waals surface area (Å²) >= 11 is 15.0. The highest BCUT2D eigenvalue weighted by atomic mass is 32.9. The van der Waals surface area contributed by atoms with Gasteiger partial charge in [0.25, 0.3) is 0 Å². The first-order valence-corrected chi connectivity index (χ1v) is 19.4. The number of hydrogen-bond donors (Lipinski definition) is 0. The Morgan fingerprint density at radius 2 is 1.38 bits per heavy atom. The molecule has 0 aliphatic heterocycles. The van der Waals surface area contributed by atoms with Crippen molar-refractivity contribution in [2.75, 3.05) is 51.5 Å². The van der Waals surface area contributed by atoms with E-state index < -0.39 is 28.6 Å². The van der Waals surface area contributed by atoms with E-state index in [0.717, 1.165) is 22.2 Å². The minimum Gasteiger partial charge on any atom is -0.466 e. The van der Waals surface area contributed by atoms with E-state index in [-0.39, 0.29) is 19.6 Å². The zero-order valence-corrected chi connectivity index (χ0v) is 25.6. The molecular weight excluding hydrogens is 554 g/mol. The zero-order chi connectivity index (χ0) is 25.0. The van der Waals surface area contributed by atoms with Crippen molar-refractivity contribution in [3.8, 4) is 0 Å². The van der Waals surface area contributed by atoms with Gasteiger partial charge in [-0.15, -0.1) is 0 Å². The summed E-state index contributed by atoms with van der Waals surface area (Å²) < 4.78 is 30.9. The molecule has 0 rings (SSSR count). The lowest BCUT2D eigenvalue weighted by Crippen LogP contribution is -2.24. The number of carbonyl (C=O) groups is 2. The van der Waals surface area contributed by atoms with E-state index >= 15 is 0 Å². The molecule has 0 saturated heterocycles. The maximum Gasteiger partial charge on any atom is 0.320 e. The minimum atomic E-state index is -2.65. The molecule has 0 heterocycles. The molecule has 0 aromatic rings. The van der Waals surface area contributed by atoms with Crippen molar-refractivity contribution in [2.45, 2.75) is 46.3 Å². The van der Waals surface area contributed by atoms with Crippen molar-refractivity contribution >= 4 is 81.5 Å². The molecule has 0 aliphatic carbocycles. The molecule has 0 N–H and O–H groups in total. The highest BCUT2D eigenvalue weighted by Gasteiger charge is 2.32. The van der Waals surface area contributed by atoms with Gasteiger partial charge in [-0.05, 0) is 57.1 Å². The second-order valence-electron chi connectivity index (χ2n) is 5.19. The SMILES string of the molecule is CCOC(=O)CC(SP(=S)(OC)OC)C(=O)OCC.CCOP(=S)(OCC)SCSCC. The van der Waals surface area contributed by atoms with Gasteiger partial charge in [-0.25, -0.2) is 0 Å². The van der Waals surface area contributed by atoms with Crippen LogP contribution in [0.3, 0.4) is 0 Å². The second-order valence-corrected chi connectivity index (χ2v) is 19.8. The van der Waals surface area contributed by atoms with Gasteiger partial charge in [0.1, 0.15) is 5.25 Å². The topological polar surface area (TPSA) is 89.5 Å². The van der Waals surface area contributed by atoms with Crippen molar-refractivity contribution in [2.24, 2.45) is 0 Å². The Balaban J connectivity index is 0. The summed E-state index contributed by atoms with van der Waals surface area (Å²) in [6.07, 6.45) is -0.123. The maximum absolute atomic E-state index is 11.8. The van der Waals surface area contributed by atoms with Gasteiger partial charge in [0, 0.05) is 19.3 Å². The molecule has 1 atom stereocenters. The third-order valence-corrected chi connectivity index (χ3v) is 15.9. The molecule has 0 fully saturated rings. The van der Waals surface area contributed by atoms with E-state index in [4.69, 9.17) is 51.2 Å². The summed E-state index contributed by atoms with van der Waals surface area (Å²) in [7, 11) is 2.81. The number of ether oxygens (including phenoxy) is 2. The van der Waals surface area contributed by atoms with Crippen LogP contribution in [0.25, 0.3) is 0 Å². The summed E-state index contributed by atoms with van der Waals surface area (Å²) in [4.78, 5) is 23.3. The molecule has 0 saturated carbocycles. The van der Waals surface area contributed by atoms with Gasteiger partial charge in [-0.1, -0.05) is 29.7 Å². The summed E-state index contributed by atoms with van der Waals surface area (Å²) in [5.41, 5.74) is -4.67. The van der Waals surface area contributed by atoms with Crippen LogP contribution >= 0.6 is 45.9 Å². The lowest BCUT2D eigenvalue weighted by Gasteiger charge is -2.21. The second kappa shape index (κ2) is 21.4. The van der Waals surface area contributed by atoms with E-state index in [9.17, 15) is 9.59 Å². The van der Waals surface area contributed by atoms with Crippen LogP contribution in [-0.4, -0.2) is 68.7 Å². The Kier molecular flexibility index (Phi) is 23.6. The molecule has 0 bridgehead atoms. The van der Waals surface area contributed by atoms with Gasteiger partial charge >= 0.3 is 11.9 Å². The van der Waals surface area contributed by atoms with E-state index in [1.54, 1.807) is 25.2 Å². The first-order valence-electron chi connectivity index (χ1n) is 9.94. The predicted molar refractivity (Wildman–Crippen MR) is 146 cm³/mol. The summed E-state index contributed by atoms with van der Waals surface area (Å²) in [5.74, 6) is 0.103. The van der Waals surface area contributed by atoms with Crippen LogP contribution in [0.15, 0.2) is 0 Å². The molecule has 1 unspecified atom stereocenters. The normalized spacial score (nSPS) is 12.5. The molecular formula is C17H36O8P2S5. The Morgan fingerprint density at radius 1 is 0.844 bits per heavy atom. The van der Waals surface area contributed by atoms with E-state index in [1.165, 1.54) is 14.2 Å². The van der Waals surface area contributed by atoms with Gasteiger partial charge in [-0.2, -0.15) is 11.8 Å². The first kappa shape index (κ1) is 35.3. The molecule has 15 heteroatoms. The van der Waals surface area contributed by atoms with Crippen molar-refractivity contribution in [3.63, 3.8) is 0 Å². The Labute approximate surface area is 215 Å². The fourth-order valence-electron chi connectivity index (χ4n) is 1.70. The van der Waals surface area contributed by atoms with Crippen LogP contribution in [0.5, 0.6) is 0 Å². The number of hydrogen-bond acceptors (Lipinski definition) is 13.